The van der Waals surface area contributed by atoms with Crippen LogP contribution in [0.4, 0.5) is 0 Å². The SMILES string of the molecule is Cc1cc(C)c(CC(CBr)C2CCS(=O)(=O)C2)c(C)c1. The maximum Gasteiger partial charge on any atom is 0.150 e. The summed E-state index contributed by atoms with van der Waals surface area (Å²) in [6.07, 6.45) is 1.80. The lowest BCUT2D eigenvalue weighted by molar-refractivity contribution is 0.401. The van der Waals surface area contributed by atoms with Crippen LogP contribution in [0.15, 0.2) is 12.1 Å². The van der Waals surface area contributed by atoms with Crippen LogP contribution in [0.1, 0.15) is 28.7 Å². The molecule has 2 unspecified atom stereocenters. The van der Waals surface area contributed by atoms with E-state index in [1.54, 1.807) is 0 Å². The molecule has 0 aromatic heterocycles. The summed E-state index contributed by atoms with van der Waals surface area (Å²) in [5.74, 6) is 1.45. The van der Waals surface area contributed by atoms with Gasteiger partial charge in [-0.25, -0.2) is 8.42 Å². The van der Waals surface area contributed by atoms with Gasteiger partial charge >= 0.3 is 0 Å². The predicted octanol–water partition coefficient (Wildman–Crippen LogP) is 3.60. The second kappa shape index (κ2) is 6.18. The normalized spacial score (nSPS) is 22.9. The summed E-state index contributed by atoms with van der Waals surface area (Å²) in [7, 11) is -2.79. The van der Waals surface area contributed by atoms with Gasteiger partial charge in [-0.15, -0.1) is 0 Å². The van der Waals surface area contributed by atoms with Crippen molar-refractivity contribution in [2.75, 3.05) is 16.8 Å². The Hall–Kier alpha value is -0.350. The molecule has 1 saturated heterocycles. The smallest absolute Gasteiger partial charge is 0.150 e. The van der Waals surface area contributed by atoms with E-state index in [-0.39, 0.29) is 0 Å². The van der Waals surface area contributed by atoms with Gasteiger partial charge in [0, 0.05) is 5.33 Å². The highest BCUT2D eigenvalue weighted by Crippen LogP contribution is 2.31. The summed E-state index contributed by atoms with van der Waals surface area (Å²) in [6, 6.07) is 4.44. The fourth-order valence-corrected chi connectivity index (χ4v) is 6.01. The highest BCUT2D eigenvalue weighted by atomic mass is 79.9. The molecule has 4 heteroatoms. The molecule has 1 aromatic rings. The van der Waals surface area contributed by atoms with Gasteiger partial charge in [-0.05, 0) is 62.1 Å². The van der Waals surface area contributed by atoms with Crippen molar-refractivity contribution in [3.63, 3.8) is 0 Å². The number of aryl methyl sites for hydroxylation is 3. The molecule has 0 aliphatic carbocycles. The minimum Gasteiger partial charge on any atom is -0.229 e. The lowest BCUT2D eigenvalue weighted by Gasteiger charge is -2.22. The predicted molar refractivity (Wildman–Crippen MR) is 88.4 cm³/mol. The zero-order valence-electron chi connectivity index (χ0n) is 12.4. The van der Waals surface area contributed by atoms with E-state index in [1.165, 1.54) is 22.3 Å². The van der Waals surface area contributed by atoms with E-state index < -0.39 is 9.84 Å². The molecule has 1 heterocycles. The minimum absolute atomic E-state index is 0.305. The fraction of sp³-hybridized carbons (Fsp3) is 0.625. The number of sulfone groups is 1. The van der Waals surface area contributed by atoms with Crippen LogP contribution >= 0.6 is 15.9 Å². The van der Waals surface area contributed by atoms with E-state index in [4.69, 9.17) is 0 Å². The van der Waals surface area contributed by atoms with Crippen LogP contribution in [0.2, 0.25) is 0 Å². The van der Waals surface area contributed by atoms with Crippen molar-refractivity contribution >= 4 is 25.8 Å². The highest BCUT2D eigenvalue weighted by molar-refractivity contribution is 9.09. The van der Waals surface area contributed by atoms with Crippen molar-refractivity contribution in [1.29, 1.82) is 0 Å². The van der Waals surface area contributed by atoms with Gasteiger partial charge in [-0.3, -0.25) is 0 Å². The van der Waals surface area contributed by atoms with Gasteiger partial charge in [0.25, 0.3) is 0 Å². The van der Waals surface area contributed by atoms with Crippen molar-refractivity contribution in [2.24, 2.45) is 11.8 Å². The maximum absolute atomic E-state index is 11.7. The Morgan fingerprint density at radius 3 is 2.30 bits per heavy atom. The van der Waals surface area contributed by atoms with E-state index in [0.717, 1.165) is 18.2 Å². The Kier molecular flexibility index (Phi) is 4.96. The Balaban J connectivity index is 2.19. The fourth-order valence-electron chi connectivity index (χ4n) is 3.34. The summed E-state index contributed by atoms with van der Waals surface area (Å²) in [4.78, 5) is 0. The maximum atomic E-state index is 11.7. The van der Waals surface area contributed by atoms with Gasteiger partial charge in [0.15, 0.2) is 9.84 Å². The molecule has 20 heavy (non-hydrogen) atoms. The molecule has 1 aromatic carbocycles. The second-order valence-electron chi connectivity index (χ2n) is 6.16. The van der Waals surface area contributed by atoms with Crippen molar-refractivity contribution in [3.05, 3.63) is 34.4 Å². The first-order valence-electron chi connectivity index (χ1n) is 7.15. The lowest BCUT2D eigenvalue weighted by atomic mass is 9.85. The van der Waals surface area contributed by atoms with Gasteiger partial charge in [-0.1, -0.05) is 33.6 Å². The van der Waals surface area contributed by atoms with Gasteiger partial charge in [0.05, 0.1) is 11.5 Å². The molecule has 1 aliphatic heterocycles. The average Bonchev–Trinajstić information content (AvgIpc) is 2.68. The second-order valence-corrected chi connectivity index (χ2v) is 9.04. The Morgan fingerprint density at radius 2 is 1.85 bits per heavy atom. The van der Waals surface area contributed by atoms with Gasteiger partial charge in [-0.2, -0.15) is 0 Å². The molecular weight excluding hydrogens is 336 g/mol. The zero-order valence-corrected chi connectivity index (χ0v) is 14.9. The van der Waals surface area contributed by atoms with Crippen LogP contribution in [0.25, 0.3) is 0 Å². The first-order chi connectivity index (χ1) is 9.32. The molecule has 0 amide bonds. The van der Waals surface area contributed by atoms with E-state index in [0.29, 0.717) is 23.3 Å². The molecule has 1 aliphatic rings. The topological polar surface area (TPSA) is 34.1 Å². The Labute approximate surface area is 131 Å². The van der Waals surface area contributed by atoms with Gasteiger partial charge in [0.1, 0.15) is 0 Å². The molecule has 0 N–H and O–H groups in total. The molecule has 112 valence electrons. The molecule has 2 rings (SSSR count). The molecule has 2 atom stereocenters. The molecule has 0 bridgehead atoms. The van der Waals surface area contributed by atoms with Crippen LogP contribution in [0.5, 0.6) is 0 Å². The van der Waals surface area contributed by atoms with Crippen LogP contribution in [0.3, 0.4) is 0 Å². The van der Waals surface area contributed by atoms with Crippen LogP contribution in [-0.2, 0) is 16.3 Å². The molecule has 0 spiro atoms. The first-order valence-corrected chi connectivity index (χ1v) is 10.1. The molecule has 0 saturated carbocycles. The van der Waals surface area contributed by atoms with E-state index >= 15 is 0 Å². The molecule has 2 nitrogen and oxygen atoms in total. The summed E-state index contributed by atoms with van der Waals surface area (Å²) in [6.45, 7) is 6.44. The number of benzene rings is 1. The van der Waals surface area contributed by atoms with E-state index in [9.17, 15) is 8.42 Å². The lowest BCUT2D eigenvalue weighted by Crippen LogP contribution is -2.21. The Bertz CT molecular complexity index is 569. The largest absolute Gasteiger partial charge is 0.229 e. The van der Waals surface area contributed by atoms with Crippen molar-refractivity contribution in [1.82, 2.24) is 0 Å². The molecular formula is C16H23BrO2S. The molecule has 1 fully saturated rings. The summed E-state index contributed by atoms with van der Waals surface area (Å²) in [5.41, 5.74) is 5.34. The zero-order chi connectivity index (χ0) is 14.9. The van der Waals surface area contributed by atoms with Gasteiger partial charge in [0.2, 0.25) is 0 Å². The Morgan fingerprint density at radius 1 is 1.25 bits per heavy atom. The average molecular weight is 359 g/mol. The number of alkyl halides is 1. The monoisotopic (exact) mass is 358 g/mol. The molecule has 0 radical (unpaired) electrons. The summed E-state index contributed by atoms with van der Waals surface area (Å²) < 4.78 is 23.4. The van der Waals surface area contributed by atoms with E-state index in [2.05, 4.69) is 48.8 Å². The van der Waals surface area contributed by atoms with Crippen molar-refractivity contribution in [2.45, 2.75) is 33.6 Å². The van der Waals surface area contributed by atoms with Crippen LogP contribution < -0.4 is 0 Å². The van der Waals surface area contributed by atoms with Crippen molar-refractivity contribution in [3.8, 4) is 0 Å². The highest BCUT2D eigenvalue weighted by Gasteiger charge is 2.33. The standard InChI is InChI=1S/C16H23BrO2S/c1-11-6-12(2)16(13(3)7-11)8-15(9-17)14-4-5-20(18,19)10-14/h6-7,14-15H,4-5,8-10H2,1-3H3. The van der Waals surface area contributed by atoms with E-state index in [1.807, 2.05) is 0 Å². The number of hydrogen-bond acceptors (Lipinski definition) is 2. The van der Waals surface area contributed by atoms with Gasteiger partial charge < -0.3 is 0 Å². The van der Waals surface area contributed by atoms with Crippen LogP contribution in [0, 0.1) is 32.6 Å². The number of halogens is 1. The number of hydrogen-bond donors (Lipinski definition) is 0. The summed E-state index contributed by atoms with van der Waals surface area (Å²) >= 11 is 3.59. The van der Waals surface area contributed by atoms with Crippen LogP contribution in [-0.4, -0.2) is 25.3 Å². The third-order valence-corrected chi connectivity index (χ3v) is 7.06. The first kappa shape index (κ1) is 16.0. The quantitative estimate of drug-likeness (QED) is 0.770. The third-order valence-electron chi connectivity index (χ3n) is 4.44. The van der Waals surface area contributed by atoms with Crippen molar-refractivity contribution < 1.29 is 8.42 Å². The minimum atomic E-state index is -2.79. The number of rotatable bonds is 4. The summed E-state index contributed by atoms with van der Waals surface area (Å²) in [5, 5.41) is 0.875. The third kappa shape index (κ3) is 3.64.